The number of hydrogen-bond acceptors (Lipinski definition) is 8. The maximum Gasteiger partial charge on any atom is 0.304 e. The van der Waals surface area contributed by atoms with Gasteiger partial charge in [-0.1, -0.05) is 78.9 Å². The molecule has 2 atom stereocenters. The van der Waals surface area contributed by atoms with Gasteiger partial charge in [-0.25, -0.2) is 0 Å². The van der Waals surface area contributed by atoms with Crippen LogP contribution >= 0.6 is 22.7 Å². The highest BCUT2D eigenvalue weighted by Gasteiger charge is 2.31. The number of aryl methyl sites for hydroxylation is 4. The van der Waals surface area contributed by atoms with Gasteiger partial charge < -0.3 is 10.2 Å². The standard InChI is InChI=1S/C43H48N4O5S3/c1-27-14-18-29(19-15-27)25-46-40-33(10-6-8-31-22-23-53-42(31)40)38(44-46)35(48)12-4-3-5-13-36(49)39-34-11-7-9-32-24-37(55(50,51)52)54-43(32)41(34)47(45-39)26-30-20-16-28(2)17-21-30/h14-24,35-36,48-49H,3-13,25-26H2,1-2H3,(H,50,51,52). The van der Waals surface area contributed by atoms with Crippen LogP contribution in [0.15, 0.2) is 70.3 Å². The lowest BCUT2D eigenvalue weighted by Crippen LogP contribution is -2.07. The van der Waals surface area contributed by atoms with E-state index in [2.05, 4.69) is 71.6 Å². The Balaban J connectivity index is 0.973. The third-order valence-corrected chi connectivity index (χ3v) is 14.6. The van der Waals surface area contributed by atoms with Gasteiger partial charge in [0.1, 0.15) is 4.21 Å². The van der Waals surface area contributed by atoms with Crippen LogP contribution in [0.1, 0.15) is 113 Å². The zero-order valence-electron chi connectivity index (χ0n) is 31.4. The van der Waals surface area contributed by atoms with Crippen molar-refractivity contribution >= 4 is 32.8 Å². The van der Waals surface area contributed by atoms with Crippen molar-refractivity contribution in [1.82, 2.24) is 19.6 Å². The van der Waals surface area contributed by atoms with Gasteiger partial charge in [0.15, 0.2) is 0 Å². The second-order valence-corrected chi connectivity index (χ2v) is 18.9. The van der Waals surface area contributed by atoms with Crippen LogP contribution in [0.4, 0.5) is 0 Å². The van der Waals surface area contributed by atoms with Crippen LogP contribution in [-0.2, 0) is 48.9 Å². The van der Waals surface area contributed by atoms with Gasteiger partial charge in [-0.3, -0.25) is 13.9 Å². The maximum absolute atomic E-state index is 12.1. The van der Waals surface area contributed by atoms with Gasteiger partial charge in [0.05, 0.1) is 57.8 Å². The number of fused-ring (bicyclic) bond motifs is 6. The molecule has 0 spiro atoms. The van der Waals surface area contributed by atoms with E-state index in [-0.39, 0.29) is 4.21 Å². The third-order valence-electron chi connectivity index (χ3n) is 11.1. The smallest absolute Gasteiger partial charge is 0.304 e. The molecule has 0 amide bonds. The molecule has 9 nitrogen and oxygen atoms in total. The van der Waals surface area contributed by atoms with Crippen LogP contribution in [0.3, 0.4) is 0 Å². The third kappa shape index (κ3) is 8.03. The number of hydrogen-bond donors (Lipinski definition) is 3. The van der Waals surface area contributed by atoms with Crippen LogP contribution < -0.4 is 0 Å². The first-order valence-corrected chi connectivity index (χ1v) is 22.5. The largest absolute Gasteiger partial charge is 0.387 e. The van der Waals surface area contributed by atoms with E-state index in [1.807, 2.05) is 11.6 Å². The molecule has 8 rings (SSSR count). The van der Waals surface area contributed by atoms with E-state index in [1.54, 1.807) is 17.4 Å². The highest BCUT2D eigenvalue weighted by atomic mass is 32.3. The number of rotatable bonds is 13. The second kappa shape index (κ2) is 15.9. The molecule has 2 aliphatic rings. The van der Waals surface area contributed by atoms with E-state index in [4.69, 9.17) is 10.2 Å². The zero-order chi connectivity index (χ0) is 38.3. The highest BCUT2D eigenvalue weighted by molar-refractivity contribution is 7.88. The first-order chi connectivity index (χ1) is 26.5. The Kier molecular flexibility index (Phi) is 11.0. The number of nitrogens with zero attached hydrogens (tertiary/aromatic N) is 4. The summed E-state index contributed by atoms with van der Waals surface area (Å²) in [6.45, 7) is 5.27. The lowest BCUT2D eigenvalue weighted by Gasteiger charge is -2.12. The minimum Gasteiger partial charge on any atom is -0.387 e. The van der Waals surface area contributed by atoms with Gasteiger partial charge in [0.2, 0.25) is 0 Å². The summed E-state index contributed by atoms with van der Waals surface area (Å²) in [5.41, 5.74) is 12.4. The van der Waals surface area contributed by atoms with Crippen LogP contribution in [0, 0.1) is 13.8 Å². The van der Waals surface area contributed by atoms with E-state index >= 15 is 0 Å². The summed E-state index contributed by atoms with van der Waals surface area (Å²) >= 11 is 2.84. The average molecular weight is 797 g/mol. The highest BCUT2D eigenvalue weighted by Crippen LogP contribution is 2.44. The Hall–Kier alpha value is -3.91. The van der Waals surface area contributed by atoms with Crippen LogP contribution in [0.5, 0.6) is 0 Å². The van der Waals surface area contributed by atoms with Crippen LogP contribution in [0.25, 0.3) is 21.1 Å². The molecule has 55 heavy (non-hydrogen) atoms. The number of benzene rings is 2. The summed E-state index contributed by atoms with van der Waals surface area (Å²) in [6, 6.07) is 20.6. The van der Waals surface area contributed by atoms with Crippen molar-refractivity contribution in [3.05, 3.63) is 122 Å². The van der Waals surface area contributed by atoms with Crippen molar-refractivity contribution in [3.63, 3.8) is 0 Å². The Morgan fingerprint density at radius 1 is 0.691 bits per heavy atom. The monoisotopic (exact) mass is 796 g/mol. The molecule has 0 saturated carbocycles. The van der Waals surface area contributed by atoms with Crippen molar-refractivity contribution in [2.45, 2.75) is 114 Å². The van der Waals surface area contributed by atoms with E-state index in [0.717, 1.165) is 107 Å². The lowest BCUT2D eigenvalue weighted by molar-refractivity contribution is 0.148. The quantitative estimate of drug-likeness (QED) is 0.0785. The predicted molar refractivity (Wildman–Crippen MR) is 219 cm³/mol. The number of aromatic nitrogens is 4. The molecule has 0 fully saturated rings. The molecule has 2 aromatic carbocycles. The molecule has 0 bridgehead atoms. The van der Waals surface area contributed by atoms with E-state index in [1.165, 1.54) is 27.1 Å². The number of aliphatic hydroxyl groups excluding tert-OH is 2. The first kappa shape index (κ1) is 38.0. The predicted octanol–water partition coefficient (Wildman–Crippen LogP) is 9.19. The fraction of sp³-hybridized carbons (Fsp3) is 0.395. The summed E-state index contributed by atoms with van der Waals surface area (Å²) in [5, 5.41) is 35.5. The first-order valence-electron chi connectivity index (χ1n) is 19.4. The molecule has 0 radical (unpaired) electrons. The Morgan fingerprint density at radius 3 is 1.73 bits per heavy atom. The van der Waals surface area contributed by atoms with Crippen LogP contribution in [-0.4, -0.2) is 42.7 Å². The molecule has 2 aliphatic carbocycles. The normalized spacial score (nSPS) is 15.1. The molecule has 3 N–H and O–H groups in total. The number of aliphatic hydroxyl groups is 2. The Morgan fingerprint density at radius 2 is 1.20 bits per heavy atom. The molecule has 4 aromatic heterocycles. The van der Waals surface area contributed by atoms with Gasteiger partial charge in [0.25, 0.3) is 0 Å². The van der Waals surface area contributed by atoms with Crippen LogP contribution in [0.2, 0.25) is 0 Å². The second-order valence-electron chi connectivity index (χ2n) is 15.3. The fourth-order valence-corrected chi connectivity index (χ4v) is 11.2. The molecule has 288 valence electrons. The van der Waals surface area contributed by atoms with Crippen molar-refractivity contribution in [3.8, 4) is 21.1 Å². The SMILES string of the molecule is Cc1ccc(Cn2nc(C(O)CCCCCC(O)c3nn(Cc4ccc(C)cc4)c4c3CCCc3cc(S(=O)(=O)O)sc3-4)c3c2-c2sccc2CCC3)cc1. The summed E-state index contributed by atoms with van der Waals surface area (Å²) in [5.74, 6) is 0. The van der Waals surface area contributed by atoms with Crippen molar-refractivity contribution in [2.75, 3.05) is 0 Å². The number of unbranched alkanes of at least 4 members (excludes halogenated alkanes) is 2. The molecule has 2 unspecified atom stereocenters. The fourth-order valence-electron chi connectivity index (χ4n) is 8.23. The zero-order valence-corrected chi connectivity index (χ0v) is 33.8. The minimum absolute atomic E-state index is 0.0666. The topological polar surface area (TPSA) is 130 Å². The van der Waals surface area contributed by atoms with Gasteiger partial charge in [0, 0.05) is 11.1 Å². The molecular weight excluding hydrogens is 749 g/mol. The van der Waals surface area contributed by atoms with Crippen molar-refractivity contribution < 1.29 is 23.2 Å². The summed E-state index contributed by atoms with van der Waals surface area (Å²) in [7, 11) is -4.35. The van der Waals surface area contributed by atoms with E-state index in [0.29, 0.717) is 38.0 Å². The summed E-state index contributed by atoms with van der Waals surface area (Å²) in [6.07, 6.45) is 7.23. The minimum atomic E-state index is -4.35. The summed E-state index contributed by atoms with van der Waals surface area (Å²) in [4.78, 5) is 2.06. The van der Waals surface area contributed by atoms with E-state index < -0.39 is 22.3 Å². The van der Waals surface area contributed by atoms with Gasteiger partial charge in [-0.15, -0.1) is 22.7 Å². The molecule has 0 aliphatic heterocycles. The van der Waals surface area contributed by atoms with Crippen molar-refractivity contribution in [2.24, 2.45) is 0 Å². The Bertz CT molecular complexity index is 2400. The molecule has 6 aromatic rings. The molecule has 0 saturated heterocycles. The Labute approximate surface area is 331 Å². The van der Waals surface area contributed by atoms with E-state index in [9.17, 15) is 23.2 Å². The number of thiophene rings is 2. The van der Waals surface area contributed by atoms with Gasteiger partial charge >= 0.3 is 10.1 Å². The van der Waals surface area contributed by atoms with Gasteiger partial charge in [-0.2, -0.15) is 18.6 Å². The van der Waals surface area contributed by atoms with Gasteiger partial charge in [-0.05, 0) is 105 Å². The van der Waals surface area contributed by atoms with Crippen molar-refractivity contribution in [1.29, 1.82) is 0 Å². The average Bonchev–Trinajstić information content (AvgIpc) is 3.91. The molecule has 12 heteroatoms. The summed E-state index contributed by atoms with van der Waals surface area (Å²) < 4.78 is 38.1. The molecular formula is C43H48N4O5S3. The molecule has 4 heterocycles. The lowest BCUT2D eigenvalue weighted by atomic mass is 9.98. The maximum atomic E-state index is 12.1.